The van der Waals surface area contributed by atoms with Gasteiger partial charge in [-0.1, -0.05) is 43.5 Å². The average molecular weight is 528 g/mol. The molecule has 0 atom stereocenters. The van der Waals surface area contributed by atoms with Crippen molar-refractivity contribution in [2.75, 3.05) is 22.9 Å². The molecule has 1 fully saturated rings. The minimum absolute atomic E-state index is 0.121. The molecule has 6 N–H and O–H groups in total. The van der Waals surface area contributed by atoms with Crippen LogP contribution in [0.3, 0.4) is 0 Å². The van der Waals surface area contributed by atoms with Gasteiger partial charge in [0.15, 0.2) is 0 Å². The lowest BCUT2D eigenvalue weighted by atomic mass is 9.89. The fourth-order valence-corrected chi connectivity index (χ4v) is 4.34. The lowest BCUT2D eigenvalue weighted by Gasteiger charge is -2.21. The Bertz CT molecular complexity index is 1120. The van der Waals surface area contributed by atoms with Gasteiger partial charge in [-0.15, -0.1) is 0 Å². The van der Waals surface area contributed by atoms with Crippen molar-refractivity contribution in [3.05, 3.63) is 64.9 Å². The molecule has 0 heterocycles. The Labute approximate surface area is 224 Å². The lowest BCUT2D eigenvalue weighted by molar-refractivity contribution is 0.0523. The molecule has 2 aromatic carbocycles. The second-order valence-corrected chi connectivity index (χ2v) is 10.8. The maximum atomic E-state index is 12.6. The molecule has 1 aliphatic carbocycles. The highest BCUT2D eigenvalue weighted by Gasteiger charge is 2.17. The van der Waals surface area contributed by atoms with Crippen LogP contribution in [0.2, 0.25) is 5.02 Å². The number of carbonyl (C=O) groups excluding carboxylic acids is 2. The third kappa shape index (κ3) is 9.21. The molecule has 8 nitrogen and oxygen atoms in total. The smallest absolute Gasteiger partial charge is 0.407 e. The summed E-state index contributed by atoms with van der Waals surface area (Å²) in [5.74, 6) is 0.883. The first-order valence-electron chi connectivity index (χ1n) is 12.7. The summed E-state index contributed by atoms with van der Waals surface area (Å²) in [6.07, 6.45) is 5.62. The van der Waals surface area contributed by atoms with Gasteiger partial charge in [-0.2, -0.15) is 0 Å². The van der Waals surface area contributed by atoms with Gasteiger partial charge in [0.2, 0.25) is 0 Å². The molecule has 1 aliphatic rings. The standard InChI is InChI=1S/C28H38ClN5O3/c1-18(34-25-14-20(10-12-22(25)29)17-32-27(36)37-28(2,3)4)33-24-13-11-21(15-23(24)30)26(35)31-16-19-8-6-5-7-9-19/h10-15,19,33-34H,1,5-9,16-17,30H2,2-4H3,(H,31,35)(H,32,36). The largest absolute Gasteiger partial charge is 0.444 e. The number of nitrogens with one attached hydrogen (secondary N) is 4. The van der Waals surface area contributed by atoms with E-state index in [2.05, 4.69) is 27.8 Å². The Morgan fingerprint density at radius 3 is 2.41 bits per heavy atom. The molecule has 0 saturated heterocycles. The molecule has 0 aromatic heterocycles. The van der Waals surface area contributed by atoms with Crippen LogP contribution in [-0.4, -0.2) is 24.1 Å². The predicted octanol–water partition coefficient (Wildman–Crippen LogP) is 6.25. The number of anilines is 3. The summed E-state index contributed by atoms with van der Waals surface area (Å²) in [5, 5.41) is 12.5. The number of hydrogen-bond donors (Lipinski definition) is 5. The van der Waals surface area contributed by atoms with Crippen molar-refractivity contribution in [1.82, 2.24) is 10.6 Å². The highest BCUT2D eigenvalue weighted by molar-refractivity contribution is 6.33. The van der Waals surface area contributed by atoms with E-state index in [4.69, 9.17) is 22.1 Å². The van der Waals surface area contributed by atoms with Gasteiger partial charge >= 0.3 is 6.09 Å². The van der Waals surface area contributed by atoms with E-state index in [1.54, 1.807) is 24.3 Å². The van der Waals surface area contributed by atoms with Crippen LogP contribution in [0, 0.1) is 5.92 Å². The van der Waals surface area contributed by atoms with E-state index in [0.717, 1.165) is 5.56 Å². The monoisotopic (exact) mass is 527 g/mol. The van der Waals surface area contributed by atoms with Gasteiger partial charge < -0.3 is 31.7 Å². The fourth-order valence-electron chi connectivity index (χ4n) is 4.17. The number of carbonyl (C=O) groups is 2. The summed E-state index contributed by atoms with van der Waals surface area (Å²) >= 11 is 6.35. The lowest BCUT2D eigenvalue weighted by Crippen LogP contribution is -2.32. The van der Waals surface area contributed by atoms with Gasteiger partial charge in [-0.25, -0.2) is 4.79 Å². The Balaban J connectivity index is 1.54. The van der Waals surface area contributed by atoms with Crippen molar-refractivity contribution in [1.29, 1.82) is 0 Å². The maximum Gasteiger partial charge on any atom is 0.407 e. The molecule has 37 heavy (non-hydrogen) atoms. The Hall–Kier alpha value is -3.39. The number of nitrogen functional groups attached to an aromatic ring is 1. The minimum Gasteiger partial charge on any atom is -0.444 e. The average Bonchev–Trinajstić information content (AvgIpc) is 2.84. The zero-order valence-electron chi connectivity index (χ0n) is 21.9. The van der Waals surface area contributed by atoms with Crippen LogP contribution in [0.1, 0.15) is 68.8 Å². The number of benzene rings is 2. The number of hydrogen-bond acceptors (Lipinski definition) is 6. The van der Waals surface area contributed by atoms with Gasteiger partial charge in [0.1, 0.15) is 11.4 Å². The van der Waals surface area contributed by atoms with E-state index < -0.39 is 11.7 Å². The van der Waals surface area contributed by atoms with Crippen LogP contribution in [0.15, 0.2) is 48.8 Å². The molecular weight excluding hydrogens is 490 g/mol. The number of ether oxygens (including phenoxy) is 1. The van der Waals surface area contributed by atoms with Crippen molar-refractivity contribution in [3.63, 3.8) is 0 Å². The van der Waals surface area contributed by atoms with Gasteiger partial charge in [-0.3, -0.25) is 4.79 Å². The first-order valence-corrected chi connectivity index (χ1v) is 13.0. The molecular formula is C28H38ClN5O3. The van der Waals surface area contributed by atoms with Gasteiger partial charge in [0.25, 0.3) is 5.91 Å². The summed E-state index contributed by atoms with van der Waals surface area (Å²) in [5.41, 5.74) is 8.64. The maximum absolute atomic E-state index is 12.6. The summed E-state index contributed by atoms with van der Waals surface area (Å²) in [6.45, 7) is 10.4. The molecule has 9 heteroatoms. The highest BCUT2D eigenvalue weighted by Crippen LogP contribution is 2.27. The quantitative estimate of drug-likeness (QED) is 0.246. The summed E-state index contributed by atoms with van der Waals surface area (Å²) < 4.78 is 5.27. The zero-order chi connectivity index (χ0) is 27.0. The molecule has 2 amide bonds. The van der Waals surface area contributed by atoms with Gasteiger partial charge in [0.05, 0.1) is 22.1 Å². The zero-order valence-corrected chi connectivity index (χ0v) is 22.6. The van der Waals surface area contributed by atoms with E-state index >= 15 is 0 Å². The third-order valence-electron chi connectivity index (χ3n) is 6.03. The van der Waals surface area contributed by atoms with Gasteiger partial charge in [0, 0.05) is 18.7 Å². The summed E-state index contributed by atoms with van der Waals surface area (Å²) in [7, 11) is 0. The second kappa shape index (κ2) is 12.7. The molecule has 0 bridgehead atoms. The third-order valence-corrected chi connectivity index (χ3v) is 6.36. The molecule has 2 aromatic rings. The van der Waals surface area contributed by atoms with Crippen molar-refractivity contribution in [2.45, 2.75) is 65.0 Å². The number of nitrogens with two attached hydrogens (primary N) is 1. The van der Waals surface area contributed by atoms with Crippen molar-refractivity contribution < 1.29 is 14.3 Å². The van der Waals surface area contributed by atoms with Crippen LogP contribution < -0.4 is 27.0 Å². The first-order chi connectivity index (χ1) is 17.5. The number of halogens is 1. The predicted molar refractivity (Wildman–Crippen MR) is 151 cm³/mol. The minimum atomic E-state index is -0.570. The molecule has 0 aliphatic heterocycles. The van der Waals surface area contributed by atoms with Crippen molar-refractivity contribution in [3.8, 4) is 0 Å². The number of rotatable bonds is 9. The van der Waals surface area contributed by atoms with E-state index in [9.17, 15) is 9.59 Å². The highest BCUT2D eigenvalue weighted by atomic mass is 35.5. The van der Waals surface area contributed by atoms with Crippen molar-refractivity contribution in [2.24, 2.45) is 5.92 Å². The second-order valence-electron chi connectivity index (χ2n) is 10.4. The van der Waals surface area contributed by atoms with Crippen LogP contribution in [0.5, 0.6) is 0 Å². The Morgan fingerprint density at radius 1 is 1.03 bits per heavy atom. The van der Waals surface area contributed by atoms with Crippen molar-refractivity contribution >= 4 is 40.7 Å². The van der Waals surface area contributed by atoms with E-state index in [1.807, 2.05) is 32.9 Å². The number of alkyl carbamates (subject to hydrolysis) is 1. The first kappa shape index (κ1) is 28.2. The molecule has 0 unspecified atom stereocenters. The van der Waals surface area contributed by atoms with Crippen LogP contribution >= 0.6 is 11.6 Å². The molecule has 0 radical (unpaired) electrons. The normalized spacial score (nSPS) is 13.9. The molecule has 0 spiro atoms. The van der Waals surface area contributed by atoms with E-state index in [0.29, 0.717) is 45.9 Å². The summed E-state index contributed by atoms with van der Waals surface area (Å²) in [6, 6.07) is 10.5. The molecule has 1 saturated carbocycles. The van der Waals surface area contributed by atoms with E-state index in [-0.39, 0.29) is 12.5 Å². The van der Waals surface area contributed by atoms with E-state index in [1.165, 1.54) is 32.1 Å². The SMILES string of the molecule is C=C(Nc1ccc(C(=O)NCC2CCCCC2)cc1N)Nc1cc(CNC(=O)OC(C)(C)C)ccc1Cl. The number of amides is 2. The summed E-state index contributed by atoms with van der Waals surface area (Å²) in [4.78, 5) is 24.5. The van der Waals surface area contributed by atoms with Gasteiger partial charge in [-0.05, 0) is 75.4 Å². The fraction of sp³-hybridized carbons (Fsp3) is 0.429. The topological polar surface area (TPSA) is 118 Å². The van der Waals surface area contributed by atoms with Crippen LogP contribution in [0.4, 0.5) is 21.9 Å². The van der Waals surface area contributed by atoms with Crippen LogP contribution in [-0.2, 0) is 11.3 Å². The van der Waals surface area contributed by atoms with Crippen LogP contribution in [0.25, 0.3) is 0 Å². The molecule has 3 rings (SSSR count). The Morgan fingerprint density at radius 2 is 1.73 bits per heavy atom. The molecule has 200 valence electrons. The Kier molecular flexibility index (Phi) is 9.69.